The smallest absolute Gasteiger partial charge is 0.254 e. The largest absolute Gasteiger partial charge is 0.497 e. The highest BCUT2D eigenvalue weighted by atomic mass is 16.5. The lowest BCUT2D eigenvalue weighted by Gasteiger charge is -2.28. The van der Waals surface area contributed by atoms with Crippen LogP contribution in [0.15, 0.2) is 53.1 Å². The van der Waals surface area contributed by atoms with Crippen molar-refractivity contribution in [1.29, 1.82) is 0 Å². The summed E-state index contributed by atoms with van der Waals surface area (Å²) in [7, 11) is 1.62. The van der Waals surface area contributed by atoms with E-state index in [0.717, 1.165) is 23.3 Å². The average molecular weight is 393 g/mol. The predicted octanol–water partition coefficient (Wildman–Crippen LogP) is 4.54. The lowest BCUT2D eigenvalue weighted by molar-refractivity contribution is 0.0686. The number of benzene rings is 2. The molecule has 1 atom stereocenters. The Bertz CT molecular complexity index is 950. The molecule has 0 saturated carbocycles. The second-order valence-electron chi connectivity index (χ2n) is 7.12. The van der Waals surface area contributed by atoms with Crippen molar-refractivity contribution in [3.63, 3.8) is 0 Å². The Morgan fingerprint density at radius 3 is 2.66 bits per heavy atom. The van der Waals surface area contributed by atoms with Gasteiger partial charge in [-0.25, -0.2) is 0 Å². The summed E-state index contributed by atoms with van der Waals surface area (Å²) >= 11 is 0. The van der Waals surface area contributed by atoms with E-state index < -0.39 is 0 Å². The number of carbonyl (C=O) groups excluding carboxylic acids is 1. The molecule has 0 spiro atoms. The summed E-state index contributed by atoms with van der Waals surface area (Å²) in [5.74, 6) is 1.78. The van der Waals surface area contributed by atoms with E-state index in [1.165, 1.54) is 0 Å². The molecular weight excluding hydrogens is 366 g/mol. The zero-order valence-corrected chi connectivity index (χ0v) is 17.4. The van der Waals surface area contributed by atoms with Gasteiger partial charge in [0, 0.05) is 30.1 Å². The van der Waals surface area contributed by atoms with Crippen LogP contribution >= 0.6 is 0 Å². The van der Waals surface area contributed by atoms with Crippen LogP contribution in [0.25, 0.3) is 11.4 Å². The van der Waals surface area contributed by atoms with Crippen molar-refractivity contribution in [2.75, 3.05) is 13.7 Å². The molecule has 0 aliphatic carbocycles. The van der Waals surface area contributed by atoms with Crippen molar-refractivity contribution in [3.8, 4) is 17.1 Å². The number of amides is 1. The third kappa shape index (κ3) is 5.02. The Hall–Kier alpha value is -3.15. The molecule has 29 heavy (non-hydrogen) atoms. The standard InChI is InChI=1S/C23H27N3O3/c1-5-17(3)26(23(27)18-11-9-16(2)10-12-18)14-13-21-24-22(25-29-21)19-7-6-8-20(15-19)28-4/h6-12,15,17H,5,13-14H2,1-4H3. The fourth-order valence-electron chi connectivity index (χ4n) is 3.06. The first-order valence-corrected chi connectivity index (χ1v) is 9.86. The van der Waals surface area contributed by atoms with Gasteiger partial charge in [-0.1, -0.05) is 41.9 Å². The Labute approximate surface area is 171 Å². The summed E-state index contributed by atoms with van der Waals surface area (Å²) in [5, 5.41) is 4.07. The zero-order valence-electron chi connectivity index (χ0n) is 17.4. The van der Waals surface area contributed by atoms with E-state index in [2.05, 4.69) is 24.0 Å². The highest BCUT2D eigenvalue weighted by molar-refractivity contribution is 5.94. The van der Waals surface area contributed by atoms with Gasteiger partial charge in [-0.2, -0.15) is 4.98 Å². The Morgan fingerprint density at radius 2 is 1.97 bits per heavy atom. The molecule has 3 aromatic rings. The lowest BCUT2D eigenvalue weighted by atomic mass is 10.1. The molecule has 0 aliphatic heterocycles. The molecule has 152 valence electrons. The fraction of sp³-hybridized carbons (Fsp3) is 0.348. The van der Waals surface area contributed by atoms with Crippen LogP contribution < -0.4 is 4.74 Å². The zero-order chi connectivity index (χ0) is 20.8. The van der Waals surface area contributed by atoms with Gasteiger partial charge in [-0.15, -0.1) is 0 Å². The number of aromatic nitrogens is 2. The Kier molecular flexibility index (Phi) is 6.65. The molecule has 3 rings (SSSR count). The highest BCUT2D eigenvalue weighted by Gasteiger charge is 2.21. The average Bonchev–Trinajstić information content (AvgIpc) is 3.23. The van der Waals surface area contributed by atoms with Crippen LogP contribution in [0.1, 0.15) is 42.1 Å². The third-order valence-corrected chi connectivity index (χ3v) is 5.04. The van der Waals surface area contributed by atoms with Crippen LogP contribution in [0.4, 0.5) is 0 Å². The second kappa shape index (κ2) is 9.37. The van der Waals surface area contributed by atoms with Gasteiger partial charge in [0.05, 0.1) is 7.11 Å². The fourth-order valence-corrected chi connectivity index (χ4v) is 3.06. The van der Waals surface area contributed by atoms with Crippen molar-refractivity contribution in [2.24, 2.45) is 0 Å². The van der Waals surface area contributed by atoms with Gasteiger partial charge in [-0.05, 0) is 44.5 Å². The van der Waals surface area contributed by atoms with Crippen LogP contribution in [0.5, 0.6) is 5.75 Å². The number of methoxy groups -OCH3 is 1. The highest BCUT2D eigenvalue weighted by Crippen LogP contribution is 2.21. The molecule has 1 unspecified atom stereocenters. The summed E-state index contributed by atoms with van der Waals surface area (Å²) < 4.78 is 10.7. The van der Waals surface area contributed by atoms with Crippen LogP contribution in [0, 0.1) is 6.92 Å². The molecule has 6 heteroatoms. The van der Waals surface area contributed by atoms with Gasteiger partial charge < -0.3 is 14.2 Å². The van der Waals surface area contributed by atoms with E-state index >= 15 is 0 Å². The molecule has 0 bridgehead atoms. The van der Waals surface area contributed by atoms with E-state index in [9.17, 15) is 4.79 Å². The van der Waals surface area contributed by atoms with Crippen molar-refractivity contribution in [3.05, 3.63) is 65.5 Å². The molecule has 0 N–H and O–H groups in total. The molecular formula is C23H27N3O3. The van der Waals surface area contributed by atoms with Crippen LogP contribution in [-0.4, -0.2) is 40.6 Å². The number of carbonyl (C=O) groups is 1. The van der Waals surface area contributed by atoms with Gasteiger partial charge in [0.1, 0.15) is 5.75 Å². The number of ether oxygens (including phenoxy) is 1. The van der Waals surface area contributed by atoms with Gasteiger partial charge in [0.15, 0.2) is 0 Å². The normalized spacial score (nSPS) is 11.9. The molecule has 1 aromatic heterocycles. The summed E-state index contributed by atoms with van der Waals surface area (Å²) in [5.41, 5.74) is 2.65. The van der Waals surface area contributed by atoms with Crippen LogP contribution in [0.2, 0.25) is 0 Å². The van der Waals surface area contributed by atoms with E-state index in [1.807, 2.05) is 60.4 Å². The van der Waals surface area contributed by atoms with Gasteiger partial charge in [0.25, 0.3) is 5.91 Å². The molecule has 2 aromatic carbocycles. The molecule has 0 aliphatic rings. The number of rotatable bonds is 8. The minimum absolute atomic E-state index is 0.0203. The minimum Gasteiger partial charge on any atom is -0.497 e. The maximum Gasteiger partial charge on any atom is 0.254 e. The molecule has 1 heterocycles. The monoisotopic (exact) mass is 393 g/mol. The van der Waals surface area contributed by atoms with Crippen molar-refractivity contribution >= 4 is 5.91 Å². The van der Waals surface area contributed by atoms with Gasteiger partial charge in [0.2, 0.25) is 11.7 Å². The SMILES string of the molecule is CCC(C)N(CCc1nc(-c2cccc(OC)c2)no1)C(=O)c1ccc(C)cc1. The van der Waals surface area contributed by atoms with Gasteiger partial charge >= 0.3 is 0 Å². The Morgan fingerprint density at radius 1 is 1.21 bits per heavy atom. The molecule has 1 amide bonds. The van der Waals surface area contributed by atoms with Crippen LogP contribution in [-0.2, 0) is 6.42 Å². The van der Waals surface area contributed by atoms with Crippen molar-refractivity contribution in [2.45, 2.75) is 39.7 Å². The third-order valence-electron chi connectivity index (χ3n) is 5.04. The molecule has 6 nitrogen and oxygen atoms in total. The maximum absolute atomic E-state index is 13.0. The number of nitrogens with zero attached hydrogens (tertiary/aromatic N) is 3. The van der Waals surface area contributed by atoms with Gasteiger partial charge in [-0.3, -0.25) is 4.79 Å². The van der Waals surface area contributed by atoms with E-state index in [1.54, 1.807) is 7.11 Å². The first kappa shape index (κ1) is 20.6. The summed E-state index contributed by atoms with van der Waals surface area (Å²) in [6, 6.07) is 15.3. The van der Waals surface area contributed by atoms with E-state index in [0.29, 0.717) is 30.2 Å². The molecule has 0 fully saturated rings. The quantitative estimate of drug-likeness (QED) is 0.562. The van der Waals surface area contributed by atoms with Crippen molar-refractivity contribution < 1.29 is 14.1 Å². The summed E-state index contributed by atoms with van der Waals surface area (Å²) in [6.45, 7) is 6.66. The number of hydrogen-bond acceptors (Lipinski definition) is 5. The van der Waals surface area contributed by atoms with Crippen LogP contribution in [0.3, 0.4) is 0 Å². The Balaban J connectivity index is 1.72. The number of aryl methyl sites for hydroxylation is 1. The van der Waals surface area contributed by atoms with E-state index in [4.69, 9.17) is 9.26 Å². The molecule has 0 radical (unpaired) electrons. The van der Waals surface area contributed by atoms with E-state index in [-0.39, 0.29) is 11.9 Å². The lowest BCUT2D eigenvalue weighted by Crippen LogP contribution is -2.39. The van der Waals surface area contributed by atoms with Crippen molar-refractivity contribution in [1.82, 2.24) is 15.0 Å². The number of hydrogen-bond donors (Lipinski definition) is 0. The predicted molar refractivity (Wildman–Crippen MR) is 112 cm³/mol. The first-order valence-electron chi connectivity index (χ1n) is 9.86. The minimum atomic E-state index is 0.0203. The maximum atomic E-state index is 13.0. The summed E-state index contributed by atoms with van der Waals surface area (Å²) in [6.07, 6.45) is 1.37. The molecule has 0 saturated heterocycles. The second-order valence-corrected chi connectivity index (χ2v) is 7.12. The first-order chi connectivity index (χ1) is 14.0. The summed E-state index contributed by atoms with van der Waals surface area (Å²) in [4.78, 5) is 19.4. The topological polar surface area (TPSA) is 68.5 Å².